The van der Waals surface area contributed by atoms with Crippen LogP contribution in [0.15, 0.2) is 47.1 Å². The zero-order valence-electron chi connectivity index (χ0n) is 15.5. The lowest BCUT2D eigenvalue weighted by molar-refractivity contribution is -0.120. The average Bonchev–Trinajstić information content (AvgIpc) is 3.31. The van der Waals surface area contributed by atoms with Crippen LogP contribution in [0.1, 0.15) is 41.7 Å². The van der Waals surface area contributed by atoms with Crippen LogP contribution in [-0.4, -0.2) is 40.2 Å². The maximum atomic E-state index is 13.0. The summed E-state index contributed by atoms with van der Waals surface area (Å²) in [5.41, 5.74) is 0.614. The van der Waals surface area contributed by atoms with E-state index in [-0.39, 0.29) is 28.4 Å². The van der Waals surface area contributed by atoms with Gasteiger partial charge in [0.1, 0.15) is 6.04 Å². The number of aldehydes is 1. The molecule has 27 heavy (non-hydrogen) atoms. The zero-order valence-corrected chi connectivity index (χ0v) is 16.3. The summed E-state index contributed by atoms with van der Waals surface area (Å²) in [5.74, 6) is 0.0544. The molecule has 2 atom stereocenters. The van der Waals surface area contributed by atoms with Crippen molar-refractivity contribution in [2.75, 3.05) is 11.1 Å². The smallest absolute Gasteiger partial charge is 0.291 e. The molecular formula is C20H22N2O4S. The molecule has 0 unspecified atom stereocenters. The minimum Gasteiger partial charge on any atom is -0.459 e. The second kappa shape index (κ2) is 7.60. The molecule has 1 aliphatic heterocycles. The molecule has 3 rings (SSSR count). The highest BCUT2D eigenvalue weighted by Crippen LogP contribution is 2.41. The average molecular weight is 386 g/mol. The van der Waals surface area contributed by atoms with Crippen LogP contribution in [0.25, 0.3) is 0 Å². The first-order valence-electron chi connectivity index (χ1n) is 8.66. The van der Waals surface area contributed by atoms with Crippen molar-refractivity contribution in [3.63, 3.8) is 0 Å². The van der Waals surface area contributed by atoms with Gasteiger partial charge in [-0.25, -0.2) is 0 Å². The third kappa shape index (κ3) is 3.93. The van der Waals surface area contributed by atoms with Crippen LogP contribution >= 0.6 is 11.8 Å². The van der Waals surface area contributed by atoms with Crippen LogP contribution in [0.5, 0.6) is 0 Å². The van der Waals surface area contributed by atoms with E-state index in [2.05, 4.69) is 5.32 Å². The Labute approximate surface area is 162 Å². The van der Waals surface area contributed by atoms with Gasteiger partial charge in [0.15, 0.2) is 12.0 Å². The van der Waals surface area contributed by atoms with Crippen molar-refractivity contribution in [1.82, 2.24) is 4.90 Å². The molecule has 142 valence electrons. The monoisotopic (exact) mass is 386 g/mol. The Morgan fingerprint density at radius 2 is 1.96 bits per heavy atom. The zero-order chi connectivity index (χ0) is 19.6. The fraction of sp³-hybridized carbons (Fsp3) is 0.350. The van der Waals surface area contributed by atoms with Gasteiger partial charge in [-0.15, -0.1) is 11.8 Å². The number of nitrogens with zero attached hydrogens (tertiary/aromatic N) is 1. The van der Waals surface area contributed by atoms with Gasteiger partial charge in [0.2, 0.25) is 5.91 Å². The Morgan fingerprint density at radius 3 is 2.59 bits per heavy atom. The highest BCUT2D eigenvalue weighted by molar-refractivity contribution is 8.00. The van der Waals surface area contributed by atoms with Gasteiger partial charge in [0, 0.05) is 11.3 Å². The van der Waals surface area contributed by atoms with Gasteiger partial charge < -0.3 is 14.6 Å². The topological polar surface area (TPSA) is 79.6 Å². The number of carbonyl (C=O) groups excluding carboxylic acids is 3. The first kappa shape index (κ1) is 19.2. The summed E-state index contributed by atoms with van der Waals surface area (Å²) in [5, 5.41) is 2.62. The van der Waals surface area contributed by atoms with Crippen LogP contribution in [0.3, 0.4) is 0 Å². The lowest BCUT2D eigenvalue weighted by atomic mass is 9.94. The summed E-state index contributed by atoms with van der Waals surface area (Å²) in [4.78, 5) is 38.8. The molecule has 7 heteroatoms. The minimum absolute atomic E-state index is 0.174. The molecule has 0 saturated carbocycles. The molecule has 1 aliphatic rings. The Balaban J connectivity index is 1.89. The molecule has 1 N–H and O–H groups in total. The van der Waals surface area contributed by atoms with E-state index in [0.29, 0.717) is 23.3 Å². The molecule has 2 amide bonds. The molecule has 1 saturated heterocycles. The maximum absolute atomic E-state index is 13.0. The van der Waals surface area contributed by atoms with E-state index in [0.717, 1.165) is 0 Å². The lowest BCUT2D eigenvalue weighted by Crippen LogP contribution is -2.50. The number of thioether (sulfide) groups is 1. The van der Waals surface area contributed by atoms with Crippen molar-refractivity contribution in [2.24, 2.45) is 5.41 Å². The quantitative estimate of drug-likeness (QED) is 0.811. The number of benzene rings is 1. The molecule has 1 aromatic heterocycles. The number of anilines is 1. The van der Waals surface area contributed by atoms with Gasteiger partial charge in [-0.05, 0) is 29.7 Å². The first-order chi connectivity index (χ1) is 12.8. The van der Waals surface area contributed by atoms with Crippen molar-refractivity contribution in [2.45, 2.75) is 32.2 Å². The second-order valence-electron chi connectivity index (χ2n) is 7.45. The van der Waals surface area contributed by atoms with Crippen LogP contribution in [0.2, 0.25) is 0 Å². The van der Waals surface area contributed by atoms with Crippen molar-refractivity contribution in [1.29, 1.82) is 0 Å². The SMILES string of the molecule is CC(C)(C)[C@H]1SC[C@@H](C(=O)Nc2ccccc2C=O)N1C(=O)c1ccco1. The fourth-order valence-electron chi connectivity index (χ4n) is 3.08. The van der Waals surface area contributed by atoms with Crippen molar-refractivity contribution in [3.05, 3.63) is 54.0 Å². The highest BCUT2D eigenvalue weighted by Gasteiger charge is 2.47. The Hall–Kier alpha value is -2.54. The van der Waals surface area contributed by atoms with Crippen LogP contribution in [0.4, 0.5) is 5.69 Å². The van der Waals surface area contributed by atoms with Crippen molar-refractivity contribution < 1.29 is 18.8 Å². The number of hydrogen-bond donors (Lipinski definition) is 1. The summed E-state index contributed by atoms with van der Waals surface area (Å²) >= 11 is 1.57. The van der Waals surface area contributed by atoms with E-state index >= 15 is 0 Å². The minimum atomic E-state index is -0.656. The van der Waals surface area contributed by atoms with Gasteiger partial charge in [0.05, 0.1) is 17.3 Å². The van der Waals surface area contributed by atoms with E-state index in [1.807, 2.05) is 20.8 Å². The molecular weight excluding hydrogens is 364 g/mol. The molecule has 2 heterocycles. The maximum Gasteiger partial charge on any atom is 0.291 e. The molecule has 1 fully saturated rings. The van der Waals surface area contributed by atoms with Crippen molar-refractivity contribution in [3.8, 4) is 0 Å². The summed E-state index contributed by atoms with van der Waals surface area (Å²) < 4.78 is 5.27. The summed E-state index contributed by atoms with van der Waals surface area (Å²) in [6.07, 6.45) is 2.14. The predicted octanol–water partition coefficient (Wildman–Crippen LogP) is 3.66. The van der Waals surface area contributed by atoms with Crippen LogP contribution in [-0.2, 0) is 4.79 Å². The summed E-state index contributed by atoms with van der Waals surface area (Å²) in [6.45, 7) is 6.11. The molecule has 1 aromatic carbocycles. The Morgan fingerprint density at radius 1 is 1.22 bits per heavy atom. The molecule has 0 bridgehead atoms. The third-order valence-electron chi connectivity index (χ3n) is 4.36. The fourth-order valence-corrected chi connectivity index (χ4v) is 4.66. The summed E-state index contributed by atoms with van der Waals surface area (Å²) in [7, 11) is 0. The van der Waals surface area contributed by atoms with E-state index in [1.165, 1.54) is 6.26 Å². The number of hydrogen-bond acceptors (Lipinski definition) is 5. The van der Waals surface area contributed by atoms with E-state index in [1.54, 1.807) is 53.1 Å². The lowest BCUT2D eigenvalue weighted by Gasteiger charge is -2.36. The van der Waals surface area contributed by atoms with E-state index < -0.39 is 6.04 Å². The number of amides is 2. The Kier molecular flexibility index (Phi) is 5.41. The third-order valence-corrected chi connectivity index (χ3v) is 6.11. The number of para-hydroxylation sites is 1. The molecule has 0 radical (unpaired) electrons. The molecule has 6 nitrogen and oxygen atoms in total. The largest absolute Gasteiger partial charge is 0.459 e. The standard InChI is InChI=1S/C20H22N2O4S/c1-20(2,3)19-22(18(25)16-9-6-10-26-16)15(12-27-19)17(24)21-14-8-5-4-7-13(14)11-23/h4-11,15,19H,12H2,1-3H3,(H,21,24)/t15-,19+/m0/s1. The van der Waals surface area contributed by atoms with Crippen LogP contribution in [0, 0.1) is 5.41 Å². The van der Waals surface area contributed by atoms with Gasteiger partial charge in [0.25, 0.3) is 5.91 Å². The predicted molar refractivity (Wildman–Crippen MR) is 105 cm³/mol. The first-order valence-corrected chi connectivity index (χ1v) is 9.70. The summed E-state index contributed by atoms with van der Waals surface area (Å²) in [6, 6.07) is 9.37. The van der Waals surface area contributed by atoms with Gasteiger partial charge in [-0.2, -0.15) is 0 Å². The second-order valence-corrected chi connectivity index (χ2v) is 8.56. The number of nitrogens with one attached hydrogen (secondary N) is 1. The van der Waals surface area contributed by atoms with Crippen LogP contribution < -0.4 is 5.32 Å². The normalized spacial score (nSPS) is 19.7. The van der Waals surface area contributed by atoms with Gasteiger partial charge >= 0.3 is 0 Å². The van der Waals surface area contributed by atoms with Crippen molar-refractivity contribution >= 4 is 35.5 Å². The van der Waals surface area contributed by atoms with E-state index in [4.69, 9.17) is 4.42 Å². The highest BCUT2D eigenvalue weighted by atomic mass is 32.2. The molecule has 2 aromatic rings. The van der Waals surface area contributed by atoms with Gasteiger partial charge in [-0.1, -0.05) is 32.9 Å². The van der Waals surface area contributed by atoms with Gasteiger partial charge in [-0.3, -0.25) is 14.4 Å². The number of furan rings is 1. The molecule has 0 aliphatic carbocycles. The molecule has 0 spiro atoms. The van der Waals surface area contributed by atoms with E-state index in [9.17, 15) is 14.4 Å². The number of rotatable bonds is 4. The number of carbonyl (C=O) groups is 3. The Bertz CT molecular complexity index is 842.